The lowest BCUT2D eigenvalue weighted by molar-refractivity contribution is 0.0730. The fraction of sp³-hybridized carbons (Fsp3) is 0.435. The van der Waals surface area contributed by atoms with Crippen LogP contribution in [-0.4, -0.2) is 67.1 Å². The van der Waals surface area contributed by atoms with E-state index in [0.717, 1.165) is 36.4 Å². The van der Waals surface area contributed by atoms with Crippen LogP contribution in [0.4, 0.5) is 4.39 Å². The lowest BCUT2D eigenvalue weighted by Crippen LogP contribution is -2.40. The first-order valence-electron chi connectivity index (χ1n) is 10.9. The summed E-state index contributed by atoms with van der Waals surface area (Å²) in [5.41, 5.74) is 2.69. The Morgan fingerprint density at radius 1 is 1.12 bits per heavy atom. The lowest BCUT2D eigenvalue weighted by atomic mass is 10.1. The van der Waals surface area contributed by atoms with Gasteiger partial charge in [0.25, 0.3) is 0 Å². The van der Waals surface area contributed by atoms with E-state index in [4.69, 9.17) is 9.72 Å². The van der Waals surface area contributed by atoms with Crippen molar-refractivity contribution in [2.24, 2.45) is 0 Å². The summed E-state index contributed by atoms with van der Waals surface area (Å²) in [5.74, 6) is 0.666. The number of ether oxygens (including phenoxy) is 1. The average Bonchev–Trinajstić information content (AvgIpc) is 3.15. The normalized spacial score (nSPS) is 15.6. The molecule has 1 aliphatic heterocycles. The molecule has 1 fully saturated rings. The van der Waals surface area contributed by atoms with Crippen molar-refractivity contribution in [2.45, 2.75) is 31.3 Å². The van der Waals surface area contributed by atoms with Crippen molar-refractivity contribution in [3.63, 3.8) is 0 Å². The number of hydrogen-bond acceptors (Lipinski definition) is 5. The molecule has 0 amide bonds. The van der Waals surface area contributed by atoms with Gasteiger partial charge >= 0.3 is 0 Å². The van der Waals surface area contributed by atoms with Gasteiger partial charge in [0, 0.05) is 26.2 Å². The van der Waals surface area contributed by atoms with E-state index in [1.54, 1.807) is 24.3 Å². The Balaban J connectivity index is 1.52. The summed E-state index contributed by atoms with van der Waals surface area (Å²) in [6, 6.07) is 11.8. The highest BCUT2D eigenvalue weighted by atomic mass is 32.2. The standard InChI is InChI=1S/C23H29FN4O3S/c1-3-28-22-9-8-20(32(29,30)27-12-14-31-15-13-27)16-21(22)25-23(28)17-26(2)11-10-18-4-6-19(24)7-5-18/h4-9,16H,3,10-15,17H2,1-2H3. The SMILES string of the molecule is CCn1c(CN(C)CCc2ccc(F)cc2)nc2cc(S(=O)(=O)N3CCOCC3)ccc21. The van der Waals surface area contributed by atoms with Crippen LogP contribution in [0.15, 0.2) is 47.4 Å². The summed E-state index contributed by atoms with van der Waals surface area (Å²) in [6.45, 7) is 5.81. The zero-order valence-electron chi connectivity index (χ0n) is 18.5. The highest BCUT2D eigenvalue weighted by Gasteiger charge is 2.27. The molecule has 2 heterocycles. The molecule has 0 radical (unpaired) electrons. The summed E-state index contributed by atoms with van der Waals surface area (Å²) in [6.07, 6.45) is 0.811. The Bertz CT molecular complexity index is 1170. The molecule has 0 spiro atoms. The second-order valence-electron chi connectivity index (χ2n) is 8.05. The maximum absolute atomic E-state index is 13.1. The summed E-state index contributed by atoms with van der Waals surface area (Å²) >= 11 is 0. The molecule has 7 nitrogen and oxygen atoms in total. The minimum atomic E-state index is -3.56. The molecule has 3 aromatic rings. The number of hydrogen-bond donors (Lipinski definition) is 0. The topological polar surface area (TPSA) is 67.7 Å². The average molecular weight is 461 g/mol. The number of likely N-dealkylation sites (N-methyl/N-ethyl adjacent to an activating group) is 1. The van der Waals surface area contributed by atoms with Gasteiger partial charge in [-0.15, -0.1) is 0 Å². The molecule has 4 rings (SSSR count). The summed E-state index contributed by atoms with van der Waals surface area (Å²) in [7, 11) is -1.54. The number of nitrogens with zero attached hydrogens (tertiary/aromatic N) is 4. The molecule has 0 unspecified atom stereocenters. The van der Waals surface area contributed by atoms with Crippen molar-refractivity contribution in [1.82, 2.24) is 18.8 Å². The second kappa shape index (κ2) is 9.66. The van der Waals surface area contributed by atoms with Crippen molar-refractivity contribution in [3.8, 4) is 0 Å². The molecule has 0 N–H and O–H groups in total. The summed E-state index contributed by atoms with van der Waals surface area (Å²) in [5, 5.41) is 0. The zero-order chi connectivity index (χ0) is 22.7. The van der Waals surface area contributed by atoms with Gasteiger partial charge in [-0.1, -0.05) is 12.1 Å². The predicted molar refractivity (Wildman–Crippen MR) is 121 cm³/mol. The van der Waals surface area contributed by atoms with Gasteiger partial charge in [0.1, 0.15) is 11.6 Å². The quantitative estimate of drug-likeness (QED) is 0.517. The van der Waals surface area contributed by atoms with Gasteiger partial charge in [0.05, 0.1) is 35.7 Å². The third kappa shape index (κ3) is 4.85. The lowest BCUT2D eigenvalue weighted by Gasteiger charge is -2.26. The Labute approximate surface area is 188 Å². The van der Waals surface area contributed by atoms with Crippen LogP contribution < -0.4 is 0 Å². The maximum atomic E-state index is 13.1. The van der Waals surface area contributed by atoms with Crippen LogP contribution in [0.25, 0.3) is 11.0 Å². The van der Waals surface area contributed by atoms with E-state index in [1.165, 1.54) is 16.4 Å². The Hall–Kier alpha value is -2.33. The molecule has 2 aromatic carbocycles. The van der Waals surface area contributed by atoms with E-state index in [0.29, 0.717) is 38.4 Å². The first kappa shape index (κ1) is 22.8. The molecule has 1 aromatic heterocycles. The van der Waals surface area contributed by atoms with E-state index in [9.17, 15) is 12.8 Å². The number of benzene rings is 2. The van der Waals surface area contributed by atoms with E-state index >= 15 is 0 Å². The number of aryl methyl sites for hydroxylation is 1. The predicted octanol–water partition coefficient (Wildman–Crippen LogP) is 2.89. The molecule has 9 heteroatoms. The largest absolute Gasteiger partial charge is 0.379 e. The first-order chi connectivity index (χ1) is 15.4. The van der Waals surface area contributed by atoms with Gasteiger partial charge in [-0.3, -0.25) is 4.90 Å². The van der Waals surface area contributed by atoms with E-state index in [-0.39, 0.29) is 10.7 Å². The number of imidazole rings is 1. The number of rotatable bonds is 8. The van der Waals surface area contributed by atoms with Crippen LogP contribution in [0.3, 0.4) is 0 Å². The minimum absolute atomic E-state index is 0.228. The van der Waals surface area contributed by atoms with Crippen molar-refractivity contribution in [3.05, 3.63) is 59.7 Å². The molecule has 32 heavy (non-hydrogen) atoms. The van der Waals surface area contributed by atoms with Gasteiger partial charge in [-0.05, 0) is 56.3 Å². The van der Waals surface area contributed by atoms with Crippen molar-refractivity contribution < 1.29 is 17.5 Å². The fourth-order valence-corrected chi connectivity index (χ4v) is 5.45. The van der Waals surface area contributed by atoms with Crippen LogP contribution in [0.5, 0.6) is 0 Å². The molecule has 1 saturated heterocycles. The molecule has 0 atom stereocenters. The number of halogens is 1. The Morgan fingerprint density at radius 3 is 2.53 bits per heavy atom. The third-order valence-electron chi connectivity index (χ3n) is 5.83. The highest BCUT2D eigenvalue weighted by Crippen LogP contribution is 2.24. The maximum Gasteiger partial charge on any atom is 0.243 e. The Morgan fingerprint density at radius 2 is 1.84 bits per heavy atom. The van der Waals surface area contributed by atoms with Gasteiger partial charge in [-0.25, -0.2) is 17.8 Å². The third-order valence-corrected chi connectivity index (χ3v) is 7.72. The van der Waals surface area contributed by atoms with Crippen LogP contribution in [0.2, 0.25) is 0 Å². The molecule has 1 aliphatic rings. The highest BCUT2D eigenvalue weighted by molar-refractivity contribution is 7.89. The van der Waals surface area contributed by atoms with Crippen LogP contribution in [-0.2, 0) is 34.3 Å². The van der Waals surface area contributed by atoms with Gasteiger partial charge in [-0.2, -0.15) is 4.31 Å². The van der Waals surface area contributed by atoms with Gasteiger partial charge in [0.15, 0.2) is 0 Å². The molecule has 0 saturated carbocycles. The first-order valence-corrected chi connectivity index (χ1v) is 12.3. The summed E-state index contributed by atoms with van der Waals surface area (Å²) in [4.78, 5) is 7.21. The summed E-state index contributed by atoms with van der Waals surface area (Å²) < 4.78 is 48.0. The molecule has 0 aliphatic carbocycles. The number of morpholine rings is 1. The zero-order valence-corrected chi connectivity index (χ0v) is 19.3. The molecular weight excluding hydrogens is 431 g/mol. The Kier molecular flexibility index (Phi) is 6.90. The van der Waals surface area contributed by atoms with Gasteiger partial charge in [0.2, 0.25) is 10.0 Å². The van der Waals surface area contributed by atoms with Crippen LogP contribution in [0.1, 0.15) is 18.3 Å². The fourth-order valence-electron chi connectivity index (χ4n) is 4.02. The monoisotopic (exact) mass is 460 g/mol. The molecule has 0 bridgehead atoms. The van der Waals surface area contributed by atoms with Crippen molar-refractivity contribution in [2.75, 3.05) is 39.9 Å². The van der Waals surface area contributed by atoms with E-state index in [1.807, 2.05) is 13.1 Å². The molecule has 172 valence electrons. The van der Waals surface area contributed by atoms with Crippen LogP contribution >= 0.6 is 0 Å². The smallest absolute Gasteiger partial charge is 0.243 e. The van der Waals surface area contributed by atoms with Crippen molar-refractivity contribution in [1.29, 1.82) is 0 Å². The minimum Gasteiger partial charge on any atom is -0.379 e. The van der Waals surface area contributed by atoms with E-state index < -0.39 is 10.0 Å². The van der Waals surface area contributed by atoms with Crippen molar-refractivity contribution >= 4 is 21.1 Å². The number of fused-ring (bicyclic) bond motifs is 1. The molecular formula is C23H29FN4O3S. The number of sulfonamides is 1. The van der Waals surface area contributed by atoms with Crippen LogP contribution in [0, 0.1) is 5.82 Å². The second-order valence-corrected chi connectivity index (χ2v) is 9.99. The number of aromatic nitrogens is 2. The van der Waals surface area contributed by atoms with E-state index in [2.05, 4.69) is 16.4 Å². The van der Waals surface area contributed by atoms with Gasteiger partial charge < -0.3 is 9.30 Å².